The second-order valence-electron chi connectivity index (χ2n) is 4.88. The first-order chi connectivity index (χ1) is 8.04. The second kappa shape index (κ2) is 6.77. The van der Waals surface area contributed by atoms with E-state index in [-0.39, 0.29) is 0 Å². The monoisotopic (exact) mass is 238 g/mol. The van der Waals surface area contributed by atoms with Crippen molar-refractivity contribution in [1.82, 2.24) is 15.1 Å². The first-order valence-electron chi connectivity index (χ1n) is 6.39. The minimum Gasteiger partial charge on any atom is -0.351 e. The van der Waals surface area contributed by atoms with Crippen LogP contribution in [0.4, 0.5) is 0 Å². The Bertz CT molecular complexity index is 267. The van der Waals surface area contributed by atoms with Gasteiger partial charge in [0, 0.05) is 32.2 Å². The predicted molar refractivity (Wildman–Crippen MR) is 74.4 cm³/mol. The van der Waals surface area contributed by atoms with Gasteiger partial charge in [0.2, 0.25) is 0 Å². The molecule has 0 aliphatic carbocycles. The van der Waals surface area contributed by atoms with E-state index >= 15 is 0 Å². The molecule has 0 aromatic heterocycles. The normalized spacial score (nSPS) is 23.2. The van der Waals surface area contributed by atoms with Gasteiger partial charge < -0.3 is 10.2 Å². The molecule has 1 heterocycles. The van der Waals surface area contributed by atoms with Crippen LogP contribution in [0, 0.1) is 0 Å². The molecule has 1 unspecified atom stereocenters. The van der Waals surface area contributed by atoms with E-state index in [0.717, 1.165) is 32.0 Å². The lowest BCUT2D eigenvalue weighted by Gasteiger charge is -2.38. The maximum atomic E-state index is 4.64. The number of rotatable bonds is 4. The van der Waals surface area contributed by atoms with Crippen molar-refractivity contribution >= 4 is 5.84 Å². The van der Waals surface area contributed by atoms with E-state index in [9.17, 15) is 0 Å². The molecule has 17 heavy (non-hydrogen) atoms. The van der Waals surface area contributed by atoms with Crippen LogP contribution in [0.5, 0.6) is 0 Å². The SMILES string of the molecule is C=CNC(C)=N[C@@H](C)C(C)N1CCN(C)CC1. The predicted octanol–water partition coefficient (Wildman–Crippen LogP) is 1.16. The fourth-order valence-electron chi connectivity index (χ4n) is 2.13. The summed E-state index contributed by atoms with van der Waals surface area (Å²) in [5.74, 6) is 0.938. The Morgan fingerprint density at radius 3 is 2.41 bits per heavy atom. The van der Waals surface area contributed by atoms with Gasteiger partial charge in [0.05, 0.1) is 11.9 Å². The zero-order valence-corrected chi connectivity index (χ0v) is 11.6. The van der Waals surface area contributed by atoms with E-state index in [1.54, 1.807) is 6.20 Å². The van der Waals surface area contributed by atoms with E-state index in [4.69, 9.17) is 0 Å². The van der Waals surface area contributed by atoms with E-state index < -0.39 is 0 Å². The standard InChI is InChI=1S/C13H26N4/c1-6-14-13(4)15-11(2)12(3)17-9-7-16(5)8-10-17/h6,11-12H,1,7-10H2,2-5H3,(H,14,15)/t11-,12?/m0/s1. The largest absolute Gasteiger partial charge is 0.351 e. The number of hydrogen-bond donors (Lipinski definition) is 1. The number of hydrogen-bond acceptors (Lipinski definition) is 3. The van der Waals surface area contributed by atoms with E-state index in [1.165, 1.54) is 0 Å². The van der Waals surface area contributed by atoms with E-state index in [2.05, 4.69) is 47.6 Å². The third-order valence-corrected chi connectivity index (χ3v) is 3.52. The fourth-order valence-corrected chi connectivity index (χ4v) is 2.13. The summed E-state index contributed by atoms with van der Waals surface area (Å²) in [6, 6.07) is 0.802. The second-order valence-corrected chi connectivity index (χ2v) is 4.88. The van der Waals surface area contributed by atoms with Gasteiger partial charge in [-0.05, 0) is 34.0 Å². The van der Waals surface area contributed by atoms with Gasteiger partial charge in [-0.15, -0.1) is 0 Å². The van der Waals surface area contributed by atoms with Gasteiger partial charge in [-0.3, -0.25) is 9.89 Å². The zero-order chi connectivity index (χ0) is 12.8. The molecular formula is C13H26N4. The highest BCUT2D eigenvalue weighted by molar-refractivity contribution is 5.80. The molecule has 1 N–H and O–H groups in total. The quantitative estimate of drug-likeness (QED) is 0.589. The molecule has 0 aromatic rings. The Labute approximate surface area is 105 Å². The van der Waals surface area contributed by atoms with Crippen molar-refractivity contribution in [3.8, 4) is 0 Å². The highest BCUT2D eigenvalue weighted by Crippen LogP contribution is 2.10. The molecule has 1 aliphatic rings. The van der Waals surface area contributed by atoms with E-state index in [0.29, 0.717) is 12.1 Å². The molecule has 0 spiro atoms. The smallest absolute Gasteiger partial charge is 0.0974 e. The summed E-state index contributed by atoms with van der Waals surface area (Å²) in [6.07, 6.45) is 1.67. The van der Waals surface area contributed by atoms with Crippen LogP contribution in [-0.4, -0.2) is 60.9 Å². The lowest BCUT2D eigenvalue weighted by atomic mass is 10.1. The number of amidine groups is 1. The van der Waals surface area contributed by atoms with Crippen LogP contribution in [0.25, 0.3) is 0 Å². The lowest BCUT2D eigenvalue weighted by molar-refractivity contribution is 0.109. The van der Waals surface area contributed by atoms with Gasteiger partial charge in [0.25, 0.3) is 0 Å². The van der Waals surface area contributed by atoms with Gasteiger partial charge in [0.15, 0.2) is 0 Å². The van der Waals surface area contributed by atoms with Gasteiger partial charge in [-0.1, -0.05) is 6.58 Å². The molecule has 0 saturated carbocycles. The summed E-state index contributed by atoms with van der Waals surface area (Å²) >= 11 is 0. The van der Waals surface area contributed by atoms with Crippen molar-refractivity contribution in [3.63, 3.8) is 0 Å². The molecular weight excluding hydrogens is 212 g/mol. The van der Waals surface area contributed by atoms with E-state index in [1.807, 2.05) is 6.92 Å². The Kier molecular flexibility index (Phi) is 5.65. The lowest BCUT2D eigenvalue weighted by Crippen LogP contribution is -2.51. The average molecular weight is 238 g/mol. The summed E-state index contributed by atoms with van der Waals surface area (Å²) in [7, 11) is 2.18. The maximum absolute atomic E-state index is 4.64. The minimum absolute atomic E-state index is 0.311. The third-order valence-electron chi connectivity index (χ3n) is 3.52. The number of aliphatic imine (C=N–C) groups is 1. The van der Waals surface area contributed by atoms with Crippen molar-refractivity contribution in [2.45, 2.75) is 32.9 Å². The Hall–Kier alpha value is -0.870. The van der Waals surface area contributed by atoms with Gasteiger partial charge >= 0.3 is 0 Å². The molecule has 0 bridgehead atoms. The minimum atomic E-state index is 0.311. The van der Waals surface area contributed by atoms with Crippen molar-refractivity contribution < 1.29 is 0 Å². The first-order valence-corrected chi connectivity index (χ1v) is 6.39. The van der Waals surface area contributed by atoms with Crippen molar-refractivity contribution in [2.75, 3.05) is 33.2 Å². The first kappa shape index (κ1) is 14.2. The average Bonchev–Trinajstić information content (AvgIpc) is 2.29. The maximum Gasteiger partial charge on any atom is 0.0974 e. The molecule has 0 radical (unpaired) electrons. The van der Waals surface area contributed by atoms with Crippen LogP contribution in [0.15, 0.2) is 17.8 Å². The summed E-state index contributed by atoms with van der Waals surface area (Å²) < 4.78 is 0. The molecule has 1 saturated heterocycles. The highest BCUT2D eigenvalue weighted by Gasteiger charge is 2.22. The van der Waals surface area contributed by atoms with Crippen molar-refractivity contribution in [3.05, 3.63) is 12.8 Å². The highest BCUT2D eigenvalue weighted by atomic mass is 15.3. The molecule has 4 heteroatoms. The molecule has 0 aromatic carbocycles. The molecule has 1 rings (SSSR count). The van der Waals surface area contributed by atoms with Crippen LogP contribution in [-0.2, 0) is 0 Å². The zero-order valence-electron chi connectivity index (χ0n) is 11.6. The number of nitrogens with zero attached hydrogens (tertiary/aromatic N) is 3. The van der Waals surface area contributed by atoms with Gasteiger partial charge in [-0.2, -0.15) is 0 Å². The van der Waals surface area contributed by atoms with Crippen LogP contribution in [0.3, 0.4) is 0 Å². The van der Waals surface area contributed by atoms with Crippen molar-refractivity contribution in [2.24, 2.45) is 4.99 Å². The topological polar surface area (TPSA) is 30.9 Å². The third kappa shape index (κ3) is 4.48. The van der Waals surface area contributed by atoms with Crippen LogP contribution in [0.1, 0.15) is 20.8 Å². The van der Waals surface area contributed by atoms with Gasteiger partial charge in [-0.25, -0.2) is 0 Å². The number of likely N-dealkylation sites (N-methyl/N-ethyl adjacent to an activating group) is 1. The van der Waals surface area contributed by atoms with Crippen LogP contribution < -0.4 is 5.32 Å². The molecule has 98 valence electrons. The molecule has 1 aliphatic heterocycles. The number of piperazine rings is 1. The molecule has 0 amide bonds. The number of nitrogens with one attached hydrogen (secondary N) is 1. The summed E-state index contributed by atoms with van der Waals surface area (Å²) in [6.45, 7) is 14.7. The summed E-state index contributed by atoms with van der Waals surface area (Å²) in [5.41, 5.74) is 0. The molecule has 4 nitrogen and oxygen atoms in total. The van der Waals surface area contributed by atoms with Crippen LogP contribution in [0.2, 0.25) is 0 Å². The summed E-state index contributed by atoms with van der Waals surface area (Å²) in [5, 5.41) is 3.03. The molecule has 1 fully saturated rings. The van der Waals surface area contributed by atoms with Gasteiger partial charge in [0.1, 0.15) is 0 Å². The molecule has 2 atom stereocenters. The van der Waals surface area contributed by atoms with Crippen LogP contribution >= 0.6 is 0 Å². The Morgan fingerprint density at radius 2 is 1.88 bits per heavy atom. The summed E-state index contributed by atoms with van der Waals surface area (Å²) in [4.78, 5) is 9.54. The Morgan fingerprint density at radius 1 is 1.29 bits per heavy atom. The fraction of sp³-hybridized carbons (Fsp3) is 0.769. The van der Waals surface area contributed by atoms with Crippen molar-refractivity contribution in [1.29, 1.82) is 0 Å². The Balaban J connectivity index is 2.48.